The minimum atomic E-state index is -0.362. The van der Waals surface area contributed by atoms with E-state index in [1.807, 2.05) is 7.05 Å². The number of nitrogens with zero attached hydrogens (tertiary/aromatic N) is 5. The first-order valence-corrected chi connectivity index (χ1v) is 10.1. The maximum absolute atomic E-state index is 12.5. The number of imidazole rings is 1. The summed E-state index contributed by atoms with van der Waals surface area (Å²) in [5.74, 6) is 0.640. The molecule has 0 aliphatic carbocycles. The molecule has 0 spiro atoms. The number of rotatable bonds is 5. The van der Waals surface area contributed by atoms with Crippen LogP contribution in [0, 0.1) is 0 Å². The minimum absolute atomic E-state index is 0.305. The largest absolute Gasteiger partial charge is 0.353 e. The molecule has 0 amide bonds. The van der Waals surface area contributed by atoms with E-state index in [0.717, 1.165) is 43.5 Å². The van der Waals surface area contributed by atoms with Crippen LogP contribution in [0.25, 0.3) is 11.2 Å². The summed E-state index contributed by atoms with van der Waals surface area (Å²) in [6.07, 6.45) is 3.12. The Morgan fingerprint density at radius 2 is 1.69 bits per heavy atom. The van der Waals surface area contributed by atoms with Gasteiger partial charge in [0.1, 0.15) is 0 Å². The van der Waals surface area contributed by atoms with Gasteiger partial charge in [-0.15, -0.1) is 0 Å². The number of aromatic nitrogens is 4. The Bertz CT molecular complexity index is 1120. The molecule has 1 aliphatic rings. The predicted octanol–water partition coefficient (Wildman–Crippen LogP) is 1.09. The number of hydrogen-bond acceptors (Lipinski definition) is 5. The molecule has 154 valence electrons. The van der Waals surface area contributed by atoms with Crippen LogP contribution in [0.1, 0.15) is 18.4 Å². The molecule has 1 fully saturated rings. The number of nitrogens with one attached hydrogen (secondary N) is 1. The zero-order valence-corrected chi connectivity index (χ0v) is 17.3. The van der Waals surface area contributed by atoms with Crippen LogP contribution in [0.2, 0.25) is 0 Å². The van der Waals surface area contributed by atoms with Crippen molar-refractivity contribution in [1.29, 1.82) is 0 Å². The molecule has 1 aromatic carbocycles. The fourth-order valence-corrected chi connectivity index (χ4v) is 4.06. The summed E-state index contributed by atoms with van der Waals surface area (Å²) >= 11 is 0. The molecule has 0 unspecified atom stereocenters. The SMILES string of the molecule is Cn1c(=O)c2c(nc(NC3CCN(CCc4ccccc4)CC3)n2C)n(C)c1=O. The molecule has 4 rings (SSSR count). The van der Waals surface area contributed by atoms with Gasteiger partial charge < -0.3 is 14.8 Å². The van der Waals surface area contributed by atoms with E-state index >= 15 is 0 Å². The Hall–Kier alpha value is -2.87. The van der Waals surface area contributed by atoms with Gasteiger partial charge in [0.05, 0.1) is 0 Å². The number of hydrogen-bond donors (Lipinski definition) is 1. The zero-order valence-electron chi connectivity index (χ0n) is 17.3. The van der Waals surface area contributed by atoms with Crippen molar-refractivity contribution in [2.45, 2.75) is 25.3 Å². The van der Waals surface area contributed by atoms with Crippen LogP contribution in [-0.2, 0) is 27.6 Å². The fraction of sp³-hybridized carbons (Fsp3) is 0.476. The van der Waals surface area contributed by atoms with Crippen LogP contribution in [0.4, 0.5) is 5.95 Å². The van der Waals surface area contributed by atoms with Crippen LogP contribution in [0.3, 0.4) is 0 Å². The normalized spacial score (nSPS) is 15.8. The van der Waals surface area contributed by atoms with Crippen LogP contribution in [-0.4, -0.2) is 49.3 Å². The lowest BCUT2D eigenvalue weighted by atomic mass is 10.0. The van der Waals surface area contributed by atoms with E-state index in [1.165, 1.54) is 17.2 Å². The minimum Gasteiger partial charge on any atom is -0.353 e. The van der Waals surface area contributed by atoms with Gasteiger partial charge in [-0.1, -0.05) is 30.3 Å². The molecule has 29 heavy (non-hydrogen) atoms. The van der Waals surface area contributed by atoms with Crippen molar-refractivity contribution in [3.05, 3.63) is 56.7 Å². The highest BCUT2D eigenvalue weighted by atomic mass is 16.2. The van der Waals surface area contributed by atoms with Crippen molar-refractivity contribution in [2.75, 3.05) is 25.0 Å². The molecule has 3 heterocycles. The Labute approximate surface area is 169 Å². The number of fused-ring (bicyclic) bond motifs is 1. The lowest BCUT2D eigenvalue weighted by Crippen LogP contribution is -2.40. The molecule has 0 bridgehead atoms. The van der Waals surface area contributed by atoms with Gasteiger partial charge in [0.15, 0.2) is 11.2 Å². The summed E-state index contributed by atoms with van der Waals surface area (Å²) in [6, 6.07) is 10.9. The average Bonchev–Trinajstić information content (AvgIpc) is 3.07. The summed E-state index contributed by atoms with van der Waals surface area (Å²) in [5, 5.41) is 3.49. The number of benzene rings is 1. The van der Waals surface area contributed by atoms with E-state index in [9.17, 15) is 9.59 Å². The third-order valence-corrected chi connectivity index (χ3v) is 5.96. The number of piperidine rings is 1. The third kappa shape index (κ3) is 3.72. The third-order valence-electron chi connectivity index (χ3n) is 5.96. The van der Waals surface area contributed by atoms with E-state index in [0.29, 0.717) is 23.2 Å². The van der Waals surface area contributed by atoms with Gasteiger partial charge in [-0.05, 0) is 24.8 Å². The van der Waals surface area contributed by atoms with Crippen molar-refractivity contribution in [3.63, 3.8) is 0 Å². The first-order chi connectivity index (χ1) is 14.0. The lowest BCUT2D eigenvalue weighted by molar-refractivity contribution is 0.221. The smallest absolute Gasteiger partial charge is 0.332 e. The van der Waals surface area contributed by atoms with Crippen LogP contribution < -0.4 is 16.6 Å². The molecular formula is C21H28N6O2. The van der Waals surface area contributed by atoms with Crippen molar-refractivity contribution < 1.29 is 0 Å². The van der Waals surface area contributed by atoms with E-state index in [-0.39, 0.29) is 11.2 Å². The number of anilines is 1. The van der Waals surface area contributed by atoms with E-state index in [2.05, 4.69) is 45.5 Å². The highest BCUT2D eigenvalue weighted by molar-refractivity contribution is 5.74. The summed E-state index contributed by atoms with van der Waals surface area (Å²) in [7, 11) is 4.96. The highest BCUT2D eigenvalue weighted by Gasteiger charge is 2.22. The molecule has 1 aliphatic heterocycles. The van der Waals surface area contributed by atoms with Gasteiger partial charge >= 0.3 is 5.69 Å². The zero-order chi connectivity index (χ0) is 20.5. The fourth-order valence-electron chi connectivity index (χ4n) is 4.06. The second-order valence-electron chi connectivity index (χ2n) is 7.87. The van der Waals surface area contributed by atoms with Gasteiger partial charge in [-0.3, -0.25) is 13.9 Å². The molecule has 1 saturated heterocycles. The summed E-state index contributed by atoms with van der Waals surface area (Å²) in [4.78, 5) is 31.7. The van der Waals surface area contributed by atoms with Crippen molar-refractivity contribution in [1.82, 2.24) is 23.6 Å². The topological polar surface area (TPSA) is 77.1 Å². The second kappa shape index (κ2) is 7.87. The van der Waals surface area contributed by atoms with Crippen molar-refractivity contribution in [2.24, 2.45) is 21.1 Å². The number of likely N-dealkylation sites (tertiary alicyclic amines) is 1. The molecule has 8 heteroatoms. The monoisotopic (exact) mass is 396 g/mol. The molecule has 0 atom stereocenters. The summed E-state index contributed by atoms with van der Waals surface area (Å²) < 4.78 is 4.31. The van der Waals surface area contributed by atoms with Gasteiger partial charge in [0.2, 0.25) is 5.95 Å². The number of aryl methyl sites for hydroxylation is 2. The first-order valence-electron chi connectivity index (χ1n) is 10.1. The Morgan fingerprint density at radius 3 is 2.38 bits per heavy atom. The maximum atomic E-state index is 12.5. The van der Waals surface area contributed by atoms with Crippen LogP contribution >= 0.6 is 0 Å². The summed E-state index contributed by atoms with van der Waals surface area (Å²) in [5.41, 5.74) is 1.56. The molecular weight excluding hydrogens is 368 g/mol. The first kappa shape index (κ1) is 19.4. The van der Waals surface area contributed by atoms with Gasteiger partial charge in [-0.25, -0.2) is 4.79 Å². The Balaban J connectivity index is 1.42. The summed E-state index contributed by atoms with van der Waals surface area (Å²) in [6.45, 7) is 3.14. The highest BCUT2D eigenvalue weighted by Crippen LogP contribution is 2.19. The van der Waals surface area contributed by atoms with Gasteiger partial charge in [0, 0.05) is 46.8 Å². The van der Waals surface area contributed by atoms with Crippen molar-refractivity contribution >= 4 is 17.1 Å². The standard InChI is InChI=1S/C21H28N6O2/c1-24-17-18(25(2)21(29)26(3)19(17)28)23-20(24)22-16-10-13-27(14-11-16)12-9-15-7-5-4-6-8-15/h4-8,16H,9-14H2,1-3H3,(H,22,23). The second-order valence-corrected chi connectivity index (χ2v) is 7.87. The van der Waals surface area contributed by atoms with Crippen LogP contribution in [0.15, 0.2) is 39.9 Å². The van der Waals surface area contributed by atoms with Crippen molar-refractivity contribution in [3.8, 4) is 0 Å². The van der Waals surface area contributed by atoms with E-state index < -0.39 is 0 Å². The van der Waals surface area contributed by atoms with Crippen LogP contribution in [0.5, 0.6) is 0 Å². The van der Waals surface area contributed by atoms with Gasteiger partial charge in [-0.2, -0.15) is 4.98 Å². The predicted molar refractivity (Wildman–Crippen MR) is 114 cm³/mol. The van der Waals surface area contributed by atoms with Gasteiger partial charge in [0.25, 0.3) is 5.56 Å². The molecule has 1 N–H and O–H groups in total. The lowest BCUT2D eigenvalue weighted by Gasteiger charge is -2.32. The maximum Gasteiger partial charge on any atom is 0.332 e. The van der Waals surface area contributed by atoms with E-state index in [1.54, 1.807) is 11.6 Å². The molecule has 0 radical (unpaired) electrons. The van der Waals surface area contributed by atoms with E-state index in [4.69, 9.17) is 0 Å². The Kier molecular flexibility index (Phi) is 5.27. The molecule has 2 aromatic heterocycles. The molecule has 0 saturated carbocycles. The molecule has 3 aromatic rings. The average molecular weight is 396 g/mol. The Morgan fingerprint density at radius 1 is 1.00 bits per heavy atom. The quantitative estimate of drug-likeness (QED) is 0.699. The molecule has 8 nitrogen and oxygen atoms in total.